The van der Waals surface area contributed by atoms with E-state index in [1.807, 2.05) is 6.92 Å². The van der Waals surface area contributed by atoms with Crippen molar-refractivity contribution in [3.05, 3.63) is 53.1 Å². The van der Waals surface area contributed by atoms with Gasteiger partial charge in [0.1, 0.15) is 11.5 Å². The van der Waals surface area contributed by atoms with Gasteiger partial charge in [0.05, 0.1) is 39.5 Å². The van der Waals surface area contributed by atoms with Crippen LogP contribution in [0.15, 0.2) is 36.4 Å². The molecular weight excluding hydrogens is 426 g/mol. The van der Waals surface area contributed by atoms with Crippen molar-refractivity contribution in [2.45, 2.75) is 26.2 Å². The molecular formula is C25H31NO7. The molecule has 2 rings (SSSR count). The van der Waals surface area contributed by atoms with Gasteiger partial charge in [-0.15, -0.1) is 0 Å². The summed E-state index contributed by atoms with van der Waals surface area (Å²) in [5.74, 6) is 0.838. The van der Waals surface area contributed by atoms with Crippen molar-refractivity contribution in [1.82, 2.24) is 0 Å². The highest BCUT2D eigenvalue weighted by atomic mass is 16.5. The fraction of sp³-hybridized carbons (Fsp3) is 0.360. The molecule has 3 N–H and O–H groups in total. The first kappa shape index (κ1) is 25.7. The zero-order valence-electron chi connectivity index (χ0n) is 19.3. The quantitative estimate of drug-likeness (QED) is 0.203. The number of Topliss-reactive ketones (excluding diaryl/α,β-unsaturated/α-hetero) is 1. The number of hydrogen-bond acceptors (Lipinski definition) is 8. The van der Waals surface area contributed by atoms with Crippen LogP contribution < -0.4 is 19.9 Å². The van der Waals surface area contributed by atoms with E-state index >= 15 is 0 Å². The van der Waals surface area contributed by atoms with Gasteiger partial charge in [-0.25, -0.2) is 4.79 Å². The number of benzene rings is 2. The summed E-state index contributed by atoms with van der Waals surface area (Å²) in [4.78, 5) is 23.2. The van der Waals surface area contributed by atoms with Gasteiger partial charge in [-0.3, -0.25) is 4.79 Å². The summed E-state index contributed by atoms with van der Waals surface area (Å²) in [7, 11) is 2.86. The zero-order chi connectivity index (χ0) is 24.2. The largest absolute Gasteiger partial charge is 0.507 e. The minimum atomic E-state index is -0.440. The van der Waals surface area contributed by atoms with E-state index in [1.165, 1.54) is 19.3 Å². The number of phenols is 1. The molecule has 0 amide bonds. The first-order valence-corrected chi connectivity index (χ1v) is 10.7. The molecule has 0 fully saturated rings. The van der Waals surface area contributed by atoms with E-state index in [2.05, 4.69) is 4.74 Å². The predicted octanol–water partition coefficient (Wildman–Crippen LogP) is 3.53. The third kappa shape index (κ3) is 7.25. The second-order valence-corrected chi connectivity index (χ2v) is 7.13. The summed E-state index contributed by atoms with van der Waals surface area (Å²) in [5.41, 5.74) is 7.02. The molecule has 33 heavy (non-hydrogen) atoms. The first-order chi connectivity index (χ1) is 15.9. The Morgan fingerprint density at radius 1 is 1.03 bits per heavy atom. The number of esters is 1. The molecule has 0 bridgehead atoms. The number of rotatable bonds is 13. The average Bonchev–Trinajstić information content (AvgIpc) is 2.84. The van der Waals surface area contributed by atoms with E-state index in [1.54, 1.807) is 37.5 Å². The smallest absolute Gasteiger partial charge is 0.330 e. The SMILES string of the molecule is CCCc1c(OCCCOc2ccc(/C=C/C(=O)OC)cc2OC)ccc(C(=O)CN)c1O. The van der Waals surface area contributed by atoms with Gasteiger partial charge in [-0.1, -0.05) is 19.4 Å². The molecule has 0 unspecified atom stereocenters. The Kier molecular flexibility index (Phi) is 10.2. The topological polar surface area (TPSA) is 117 Å². The third-order valence-corrected chi connectivity index (χ3v) is 4.83. The molecule has 178 valence electrons. The second-order valence-electron chi connectivity index (χ2n) is 7.13. The molecule has 0 saturated carbocycles. The van der Waals surface area contributed by atoms with Crippen molar-refractivity contribution in [3.63, 3.8) is 0 Å². The van der Waals surface area contributed by atoms with Crippen LogP contribution in [0.2, 0.25) is 0 Å². The van der Waals surface area contributed by atoms with Gasteiger partial charge in [0.2, 0.25) is 0 Å². The lowest BCUT2D eigenvalue weighted by Gasteiger charge is -2.15. The van der Waals surface area contributed by atoms with Gasteiger partial charge >= 0.3 is 5.97 Å². The summed E-state index contributed by atoms with van der Waals surface area (Å²) in [5, 5.41) is 10.5. The van der Waals surface area contributed by atoms with Gasteiger partial charge in [0.25, 0.3) is 0 Å². The van der Waals surface area contributed by atoms with Crippen molar-refractivity contribution >= 4 is 17.8 Å². The Balaban J connectivity index is 1.95. The highest BCUT2D eigenvalue weighted by Crippen LogP contribution is 2.33. The Bertz CT molecular complexity index is 985. The summed E-state index contributed by atoms with van der Waals surface area (Å²) >= 11 is 0. The van der Waals surface area contributed by atoms with Crippen molar-refractivity contribution in [2.75, 3.05) is 34.0 Å². The molecule has 0 aromatic heterocycles. The summed E-state index contributed by atoms with van der Waals surface area (Å²) in [6, 6.07) is 8.56. The number of hydrogen-bond donors (Lipinski definition) is 2. The molecule has 0 aliphatic rings. The number of phenolic OH excluding ortho intramolecular Hbond substituents is 1. The first-order valence-electron chi connectivity index (χ1n) is 10.7. The van der Waals surface area contributed by atoms with Gasteiger partial charge in [0, 0.05) is 18.1 Å². The van der Waals surface area contributed by atoms with Gasteiger partial charge in [-0.2, -0.15) is 0 Å². The Morgan fingerprint density at radius 3 is 2.36 bits per heavy atom. The van der Waals surface area contributed by atoms with Crippen molar-refractivity contribution in [1.29, 1.82) is 0 Å². The summed E-state index contributed by atoms with van der Waals surface area (Å²) in [6.07, 6.45) is 4.91. The van der Waals surface area contributed by atoms with E-state index in [9.17, 15) is 14.7 Å². The Morgan fingerprint density at radius 2 is 1.73 bits per heavy atom. The molecule has 0 radical (unpaired) electrons. The van der Waals surface area contributed by atoms with Crippen LogP contribution in [0.5, 0.6) is 23.0 Å². The highest BCUT2D eigenvalue weighted by Gasteiger charge is 2.17. The van der Waals surface area contributed by atoms with Crippen LogP contribution in [-0.4, -0.2) is 50.8 Å². The normalized spacial score (nSPS) is 10.8. The van der Waals surface area contributed by atoms with E-state index in [0.717, 1.165) is 12.0 Å². The number of nitrogens with two attached hydrogens (primary N) is 1. The second kappa shape index (κ2) is 13.1. The minimum Gasteiger partial charge on any atom is -0.507 e. The third-order valence-electron chi connectivity index (χ3n) is 4.83. The average molecular weight is 458 g/mol. The lowest BCUT2D eigenvalue weighted by molar-refractivity contribution is -0.134. The lowest BCUT2D eigenvalue weighted by Crippen LogP contribution is -2.14. The maximum atomic E-state index is 11.9. The predicted molar refractivity (Wildman–Crippen MR) is 125 cm³/mol. The maximum absolute atomic E-state index is 11.9. The summed E-state index contributed by atoms with van der Waals surface area (Å²) in [6.45, 7) is 2.57. The van der Waals surface area contributed by atoms with Crippen LogP contribution in [0.4, 0.5) is 0 Å². The van der Waals surface area contributed by atoms with E-state index in [0.29, 0.717) is 48.9 Å². The fourth-order valence-electron chi connectivity index (χ4n) is 3.14. The monoisotopic (exact) mass is 457 g/mol. The highest BCUT2D eigenvalue weighted by molar-refractivity contribution is 6.00. The molecule has 0 aliphatic heterocycles. The molecule has 0 atom stereocenters. The van der Waals surface area contributed by atoms with E-state index in [-0.39, 0.29) is 23.6 Å². The zero-order valence-corrected chi connectivity index (χ0v) is 19.3. The van der Waals surface area contributed by atoms with Gasteiger partial charge < -0.3 is 29.8 Å². The molecule has 0 saturated heterocycles. The minimum absolute atomic E-state index is 0.0628. The number of methoxy groups -OCH3 is 2. The molecule has 2 aromatic rings. The molecule has 0 heterocycles. The van der Waals surface area contributed by atoms with Crippen molar-refractivity contribution < 1.29 is 33.6 Å². The Labute approximate surface area is 193 Å². The molecule has 0 aliphatic carbocycles. The number of aromatic hydroxyl groups is 1. The van der Waals surface area contributed by atoms with E-state index < -0.39 is 5.97 Å². The van der Waals surface area contributed by atoms with Crippen molar-refractivity contribution in [3.8, 4) is 23.0 Å². The number of ketones is 1. The van der Waals surface area contributed by atoms with Crippen molar-refractivity contribution in [2.24, 2.45) is 5.73 Å². The standard InChI is InChI=1S/C25H31NO7/c1-4-6-19-21(11-9-18(25(19)29)20(27)16-26)32-13-5-14-33-22-10-7-17(15-23(22)30-2)8-12-24(28)31-3/h7-12,15,29H,4-6,13-14,16,26H2,1-3H3/b12-8+. The molecule has 0 spiro atoms. The summed E-state index contributed by atoms with van der Waals surface area (Å²) < 4.78 is 21.6. The Hall–Kier alpha value is -3.52. The van der Waals surface area contributed by atoms with Crippen LogP contribution in [0.25, 0.3) is 6.08 Å². The number of carbonyl (C=O) groups is 2. The maximum Gasteiger partial charge on any atom is 0.330 e. The van der Waals surface area contributed by atoms with Crippen LogP contribution in [0.1, 0.15) is 41.3 Å². The number of carbonyl (C=O) groups excluding carboxylic acids is 2. The van der Waals surface area contributed by atoms with Crippen LogP contribution in [-0.2, 0) is 16.0 Å². The van der Waals surface area contributed by atoms with Crippen LogP contribution in [0, 0.1) is 0 Å². The number of ether oxygens (including phenoxy) is 4. The van der Waals surface area contributed by atoms with E-state index in [4.69, 9.17) is 19.9 Å². The lowest BCUT2D eigenvalue weighted by atomic mass is 10.0. The molecule has 8 heteroatoms. The van der Waals surface area contributed by atoms with Crippen LogP contribution >= 0.6 is 0 Å². The molecule has 8 nitrogen and oxygen atoms in total. The van der Waals surface area contributed by atoms with Gasteiger partial charge in [0.15, 0.2) is 17.3 Å². The van der Waals surface area contributed by atoms with Crippen LogP contribution in [0.3, 0.4) is 0 Å². The van der Waals surface area contributed by atoms with Gasteiger partial charge in [-0.05, 0) is 42.3 Å². The fourth-order valence-corrected chi connectivity index (χ4v) is 3.14. The molecule has 2 aromatic carbocycles.